The molecule has 5 nitrogen and oxygen atoms in total. The molecule has 1 aromatic carbocycles. The minimum Gasteiger partial charge on any atom is -0.384 e. The number of nitrogens with two attached hydrogens (primary N) is 1. The van der Waals surface area contributed by atoms with Gasteiger partial charge in [0.25, 0.3) is 0 Å². The van der Waals surface area contributed by atoms with Crippen molar-refractivity contribution in [3.8, 4) is 11.1 Å². The lowest BCUT2D eigenvalue weighted by atomic mass is 9.99. The zero-order valence-electron chi connectivity index (χ0n) is 18.1. The molecule has 30 heavy (non-hydrogen) atoms. The second-order valence-corrected chi connectivity index (χ2v) is 7.89. The van der Waals surface area contributed by atoms with E-state index in [0.717, 1.165) is 40.4 Å². The van der Waals surface area contributed by atoms with Crippen molar-refractivity contribution in [1.82, 2.24) is 14.9 Å². The summed E-state index contributed by atoms with van der Waals surface area (Å²) >= 11 is 0. The highest BCUT2D eigenvalue weighted by Gasteiger charge is 2.11. The smallest absolute Gasteiger partial charge is 0.168 e. The Bertz CT molecular complexity index is 978. The van der Waals surface area contributed by atoms with Gasteiger partial charge in [-0.05, 0) is 57.6 Å². The first-order chi connectivity index (χ1) is 14.6. The topological polar surface area (TPSA) is 72.1 Å². The van der Waals surface area contributed by atoms with E-state index in [1.807, 2.05) is 37.3 Å². The normalized spacial score (nSPS) is 15.0. The summed E-state index contributed by atoms with van der Waals surface area (Å²) in [4.78, 5) is 22.3. The highest BCUT2D eigenvalue weighted by atomic mass is 16.1. The van der Waals surface area contributed by atoms with Crippen LogP contribution in [0, 0.1) is 0 Å². The summed E-state index contributed by atoms with van der Waals surface area (Å²) in [6.45, 7) is 4.68. The molecule has 1 aliphatic rings. The third-order valence-corrected chi connectivity index (χ3v) is 5.56. The lowest BCUT2D eigenvalue weighted by Crippen LogP contribution is -2.22. The molecule has 0 unspecified atom stereocenters. The third kappa shape index (κ3) is 5.63. The minimum absolute atomic E-state index is 0.427. The van der Waals surface area contributed by atoms with Crippen LogP contribution in [0.5, 0.6) is 0 Å². The minimum atomic E-state index is 0.427. The number of para-hydroxylation sites is 1. The van der Waals surface area contributed by atoms with E-state index in [9.17, 15) is 4.79 Å². The Morgan fingerprint density at radius 3 is 2.37 bits per heavy atom. The van der Waals surface area contributed by atoms with Gasteiger partial charge in [-0.1, -0.05) is 50.5 Å². The molecule has 0 amide bonds. The van der Waals surface area contributed by atoms with Crippen LogP contribution in [0.3, 0.4) is 0 Å². The van der Waals surface area contributed by atoms with E-state index in [2.05, 4.69) is 21.9 Å². The molecule has 1 aliphatic heterocycles. The Hall–Kier alpha value is -2.79. The Morgan fingerprint density at radius 1 is 0.933 bits per heavy atom. The maximum Gasteiger partial charge on any atom is 0.168 e. The van der Waals surface area contributed by atoms with Crippen LogP contribution < -0.4 is 5.73 Å². The van der Waals surface area contributed by atoms with Crippen molar-refractivity contribution in [3.63, 3.8) is 0 Å². The number of rotatable bonds is 3. The molecular formula is C25H32N4O. The van der Waals surface area contributed by atoms with E-state index in [4.69, 9.17) is 5.73 Å². The molecule has 5 heteroatoms. The van der Waals surface area contributed by atoms with Crippen LogP contribution in [-0.4, -0.2) is 41.3 Å². The van der Waals surface area contributed by atoms with Crippen LogP contribution in [0.4, 0.5) is 5.82 Å². The molecule has 0 bridgehead atoms. The lowest BCUT2D eigenvalue weighted by molar-refractivity contribution is 0.111. The summed E-state index contributed by atoms with van der Waals surface area (Å²) in [7, 11) is 2.23. The van der Waals surface area contributed by atoms with Crippen molar-refractivity contribution in [2.24, 2.45) is 0 Å². The molecule has 3 aromatic rings. The number of hydrogen-bond acceptors (Lipinski definition) is 5. The van der Waals surface area contributed by atoms with Gasteiger partial charge in [0, 0.05) is 16.5 Å². The number of aromatic nitrogens is 2. The van der Waals surface area contributed by atoms with Gasteiger partial charge < -0.3 is 10.6 Å². The predicted octanol–water partition coefficient (Wildman–Crippen LogP) is 5.14. The van der Waals surface area contributed by atoms with E-state index in [1.54, 1.807) is 12.1 Å². The number of pyridine rings is 2. The molecule has 3 heterocycles. The van der Waals surface area contributed by atoms with Crippen molar-refractivity contribution in [1.29, 1.82) is 0 Å². The van der Waals surface area contributed by atoms with Crippen molar-refractivity contribution in [2.45, 2.75) is 45.4 Å². The fraction of sp³-hybridized carbons (Fsp3) is 0.400. The number of fused-ring (bicyclic) bond motifs is 1. The quantitative estimate of drug-likeness (QED) is 0.612. The van der Waals surface area contributed by atoms with Crippen LogP contribution in [0.25, 0.3) is 22.0 Å². The van der Waals surface area contributed by atoms with Gasteiger partial charge in [0.05, 0.1) is 11.2 Å². The standard InChI is InChI=1S/C17H15N3O.C8H17N/c1-2-15-13(8-9-16(18)20-15)14-5-3-4-11-6-7-12(10-21)19-17(11)14;1-9-7-5-3-2-4-6-8-9/h3-10H,2H2,1H3,(H2,18,20);2-8H2,1H3. The first kappa shape index (κ1) is 21.9. The number of nitrogens with zero attached hydrogens (tertiary/aromatic N) is 3. The van der Waals surface area contributed by atoms with E-state index >= 15 is 0 Å². The SMILES string of the molecule is CCc1nc(N)ccc1-c1cccc2ccc(C=O)nc12.CN1CCCCCCC1. The molecule has 4 rings (SSSR count). The van der Waals surface area contributed by atoms with Crippen molar-refractivity contribution in [3.05, 3.63) is 53.9 Å². The number of carbonyl (C=O) groups excluding carboxylic acids is 1. The van der Waals surface area contributed by atoms with E-state index in [1.165, 1.54) is 45.2 Å². The Labute approximate surface area is 179 Å². The monoisotopic (exact) mass is 404 g/mol. The third-order valence-electron chi connectivity index (χ3n) is 5.56. The molecule has 158 valence electrons. The molecule has 0 spiro atoms. The Balaban J connectivity index is 0.000000239. The molecule has 0 radical (unpaired) electrons. The van der Waals surface area contributed by atoms with Crippen molar-refractivity contribution < 1.29 is 4.79 Å². The average Bonchev–Trinajstić information content (AvgIpc) is 2.76. The van der Waals surface area contributed by atoms with Crippen LogP contribution >= 0.6 is 0 Å². The van der Waals surface area contributed by atoms with Gasteiger partial charge in [0.15, 0.2) is 6.29 Å². The second-order valence-electron chi connectivity index (χ2n) is 7.89. The summed E-state index contributed by atoms with van der Waals surface area (Å²) in [6.07, 6.45) is 8.73. The van der Waals surface area contributed by atoms with Crippen LogP contribution in [-0.2, 0) is 6.42 Å². The van der Waals surface area contributed by atoms with E-state index < -0.39 is 0 Å². The number of aldehydes is 1. The summed E-state index contributed by atoms with van der Waals surface area (Å²) in [5.41, 5.74) is 9.91. The first-order valence-corrected chi connectivity index (χ1v) is 10.9. The van der Waals surface area contributed by atoms with E-state index in [0.29, 0.717) is 11.5 Å². The molecule has 1 saturated heterocycles. The van der Waals surface area contributed by atoms with Crippen LogP contribution in [0.15, 0.2) is 42.5 Å². The fourth-order valence-corrected chi connectivity index (χ4v) is 3.88. The zero-order valence-corrected chi connectivity index (χ0v) is 18.1. The Morgan fingerprint density at radius 2 is 1.67 bits per heavy atom. The predicted molar refractivity (Wildman–Crippen MR) is 125 cm³/mol. The number of nitrogen functional groups attached to an aromatic ring is 1. The number of aryl methyl sites for hydroxylation is 1. The molecule has 1 fully saturated rings. The second kappa shape index (κ2) is 10.8. The molecule has 0 saturated carbocycles. The number of hydrogen-bond donors (Lipinski definition) is 1. The molecular weight excluding hydrogens is 372 g/mol. The fourth-order valence-electron chi connectivity index (χ4n) is 3.88. The van der Waals surface area contributed by atoms with Crippen LogP contribution in [0.1, 0.15) is 55.2 Å². The highest BCUT2D eigenvalue weighted by Crippen LogP contribution is 2.30. The van der Waals surface area contributed by atoms with Gasteiger partial charge in [-0.15, -0.1) is 0 Å². The summed E-state index contributed by atoms with van der Waals surface area (Å²) in [5, 5.41) is 0.997. The molecule has 2 aromatic heterocycles. The highest BCUT2D eigenvalue weighted by molar-refractivity contribution is 5.95. The molecule has 0 aliphatic carbocycles. The summed E-state index contributed by atoms with van der Waals surface area (Å²) < 4.78 is 0. The van der Waals surface area contributed by atoms with Gasteiger partial charge in [-0.3, -0.25) is 4.79 Å². The van der Waals surface area contributed by atoms with Gasteiger partial charge in [-0.25, -0.2) is 9.97 Å². The number of likely N-dealkylation sites (tertiary alicyclic amines) is 1. The Kier molecular flexibility index (Phi) is 7.91. The number of carbonyl (C=O) groups is 1. The van der Waals surface area contributed by atoms with Gasteiger partial charge in [0.2, 0.25) is 0 Å². The number of anilines is 1. The van der Waals surface area contributed by atoms with Gasteiger partial charge >= 0.3 is 0 Å². The molecule has 2 N–H and O–H groups in total. The van der Waals surface area contributed by atoms with Gasteiger partial charge in [0.1, 0.15) is 11.5 Å². The van der Waals surface area contributed by atoms with Gasteiger partial charge in [-0.2, -0.15) is 0 Å². The summed E-state index contributed by atoms with van der Waals surface area (Å²) in [6, 6.07) is 13.3. The van der Waals surface area contributed by atoms with E-state index in [-0.39, 0.29) is 0 Å². The summed E-state index contributed by atoms with van der Waals surface area (Å²) in [5.74, 6) is 0.511. The van der Waals surface area contributed by atoms with Crippen molar-refractivity contribution >= 4 is 23.0 Å². The van der Waals surface area contributed by atoms with Crippen LogP contribution in [0.2, 0.25) is 0 Å². The zero-order chi connectivity index (χ0) is 21.3. The first-order valence-electron chi connectivity index (χ1n) is 10.9. The molecule has 0 atom stereocenters. The largest absolute Gasteiger partial charge is 0.384 e. The maximum absolute atomic E-state index is 11.0. The maximum atomic E-state index is 11.0. The average molecular weight is 405 g/mol. The van der Waals surface area contributed by atoms with Crippen molar-refractivity contribution in [2.75, 3.05) is 25.9 Å². The lowest BCUT2D eigenvalue weighted by Gasteiger charge is -2.18. The number of benzene rings is 1.